The fraction of sp³-hybridized carbons (Fsp3) is 0.0476. The molecule has 4 nitrogen and oxygen atoms in total. The van der Waals surface area contributed by atoms with Crippen molar-refractivity contribution in [1.29, 1.82) is 5.26 Å². The Hall–Kier alpha value is -3.97. The number of hydrogen-bond donors (Lipinski definition) is 0. The largest absolute Gasteiger partial charge is 0.207 e. The molecule has 0 heterocycles. The lowest BCUT2D eigenvalue weighted by molar-refractivity contribution is 0.581. The number of nitriles is 1. The highest BCUT2D eigenvalue weighted by Crippen LogP contribution is 2.31. The van der Waals surface area contributed by atoms with Crippen LogP contribution >= 0.6 is 0 Å². The maximum absolute atomic E-state index is 14.5. The van der Waals surface area contributed by atoms with Crippen molar-refractivity contribution in [2.45, 2.75) is 6.92 Å². The van der Waals surface area contributed by atoms with Gasteiger partial charge in [0, 0.05) is 28.3 Å². The van der Waals surface area contributed by atoms with Crippen LogP contribution in [0.3, 0.4) is 0 Å². The normalized spacial score (nSPS) is 16.4. The van der Waals surface area contributed by atoms with E-state index in [2.05, 4.69) is 15.0 Å². The molecule has 136 valence electrons. The van der Waals surface area contributed by atoms with Gasteiger partial charge in [0.25, 0.3) is 0 Å². The quantitative estimate of drug-likeness (QED) is 0.312. The van der Waals surface area contributed by atoms with Crippen LogP contribution in [0, 0.1) is 42.4 Å². The maximum Gasteiger partial charge on any atom is 0.206 e. The van der Waals surface area contributed by atoms with Crippen LogP contribution in [0.5, 0.6) is 0 Å². The number of halogens is 3. The molecule has 0 unspecified atom stereocenters. The molecule has 0 bridgehead atoms. The number of hydrogen-bond acceptors (Lipinski definition) is 3. The van der Waals surface area contributed by atoms with Crippen molar-refractivity contribution in [2.75, 3.05) is 0 Å². The molecule has 0 aromatic heterocycles. The van der Waals surface area contributed by atoms with Crippen molar-refractivity contribution in [1.82, 2.24) is 0 Å². The highest BCUT2D eigenvalue weighted by atomic mass is 19.1. The third kappa shape index (κ3) is 3.60. The van der Waals surface area contributed by atoms with E-state index in [4.69, 9.17) is 11.8 Å². The predicted molar refractivity (Wildman–Crippen MR) is 101 cm³/mol. The lowest BCUT2D eigenvalue weighted by atomic mass is 9.87. The molecule has 0 atom stereocenters. The minimum absolute atomic E-state index is 0.0193. The minimum Gasteiger partial charge on any atom is -0.207 e. The number of benzene rings is 2. The average Bonchev–Trinajstić information content (AvgIpc) is 2.64. The first kappa shape index (κ1) is 18.8. The smallest absolute Gasteiger partial charge is 0.206 e. The van der Waals surface area contributed by atoms with Crippen molar-refractivity contribution in [2.24, 2.45) is 10.1 Å². The standard InChI is InChI=1S/C21H11F3N4/c1-12-3-5-14(18(23)7-12)16-10-21(28-26-2)17(9-20(16)27-11-25)15-6-4-13(22)8-19(15)24/h3-10H,1H3/b27-20?,28-21-. The fourth-order valence-corrected chi connectivity index (χ4v) is 2.84. The molecule has 7 heteroatoms. The predicted octanol–water partition coefficient (Wildman–Crippen LogP) is 5.09. The van der Waals surface area contributed by atoms with E-state index in [-0.39, 0.29) is 33.7 Å². The zero-order valence-corrected chi connectivity index (χ0v) is 14.5. The summed E-state index contributed by atoms with van der Waals surface area (Å²) in [6.07, 6.45) is 4.33. The summed E-state index contributed by atoms with van der Waals surface area (Å²) in [6, 6.07) is 7.50. The summed E-state index contributed by atoms with van der Waals surface area (Å²) in [5.74, 6) is -2.16. The summed E-state index contributed by atoms with van der Waals surface area (Å²) in [6.45, 7) is 8.75. The Morgan fingerprint density at radius 1 is 0.929 bits per heavy atom. The average molecular weight is 376 g/mol. The Balaban J connectivity index is 2.24. The third-order valence-electron chi connectivity index (χ3n) is 4.08. The molecular formula is C21H11F3N4. The summed E-state index contributed by atoms with van der Waals surface area (Å²) < 4.78 is 42.0. The van der Waals surface area contributed by atoms with Crippen LogP contribution < -0.4 is 0 Å². The summed E-state index contributed by atoms with van der Waals surface area (Å²) in [5, 5.41) is 12.7. The molecule has 0 radical (unpaired) electrons. The van der Waals surface area contributed by atoms with Gasteiger partial charge in [0.15, 0.2) is 5.71 Å². The van der Waals surface area contributed by atoms with Gasteiger partial charge in [0.2, 0.25) is 6.19 Å². The molecule has 0 saturated carbocycles. The van der Waals surface area contributed by atoms with Gasteiger partial charge >= 0.3 is 0 Å². The second-order valence-electron chi connectivity index (χ2n) is 5.91. The lowest BCUT2D eigenvalue weighted by Gasteiger charge is -2.17. The highest BCUT2D eigenvalue weighted by Gasteiger charge is 2.25. The molecule has 0 aliphatic heterocycles. The Bertz CT molecular complexity index is 1080. The molecule has 0 saturated heterocycles. The van der Waals surface area contributed by atoms with Gasteiger partial charge in [-0.05, 0) is 42.8 Å². The molecule has 0 N–H and O–H groups in total. The Morgan fingerprint density at radius 2 is 1.54 bits per heavy atom. The molecular weight excluding hydrogens is 365 g/mol. The van der Waals surface area contributed by atoms with Crippen LogP contribution in [0.15, 0.2) is 58.6 Å². The van der Waals surface area contributed by atoms with E-state index in [1.54, 1.807) is 19.2 Å². The van der Waals surface area contributed by atoms with Crippen molar-refractivity contribution < 1.29 is 13.2 Å². The number of aliphatic imine (C=N–C) groups is 1. The van der Waals surface area contributed by atoms with Crippen LogP contribution in [0.4, 0.5) is 13.2 Å². The molecule has 3 rings (SSSR count). The van der Waals surface area contributed by atoms with Gasteiger partial charge in [0.05, 0.1) is 10.8 Å². The maximum atomic E-state index is 14.5. The second-order valence-corrected chi connectivity index (χ2v) is 5.91. The van der Waals surface area contributed by atoms with E-state index in [0.717, 1.165) is 6.07 Å². The van der Waals surface area contributed by atoms with Gasteiger partial charge in [-0.1, -0.05) is 12.1 Å². The highest BCUT2D eigenvalue weighted by molar-refractivity contribution is 6.46. The Morgan fingerprint density at radius 3 is 2.14 bits per heavy atom. The zero-order chi connectivity index (χ0) is 20.3. The number of nitrogens with zero attached hydrogens (tertiary/aromatic N) is 4. The third-order valence-corrected chi connectivity index (χ3v) is 4.08. The fourth-order valence-electron chi connectivity index (χ4n) is 2.84. The van der Waals surface area contributed by atoms with E-state index < -0.39 is 17.5 Å². The van der Waals surface area contributed by atoms with Gasteiger partial charge in [-0.3, -0.25) is 0 Å². The Labute approximate surface area is 159 Å². The minimum atomic E-state index is -0.862. The molecule has 0 amide bonds. The number of allylic oxidation sites excluding steroid dienone is 4. The van der Waals surface area contributed by atoms with Crippen molar-refractivity contribution in [3.63, 3.8) is 0 Å². The first-order chi connectivity index (χ1) is 13.4. The van der Waals surface area contributed by atoms with E-state index in [0.29, 0.717) is 11.6 Å². The summed E-state index contributed by atoms with van der Waals surface area (Å²) >= 11 is 0. The van der Waals surface area contributed by atoms with Crippen molar-refractivity contribution in [3.05, 3.63) is 94.2 Å². The number of rotatable bonds is 2. The van der Waals surface area contributed by atoms with Gasteiger partial charge in [-0.15, -0.1) is 4.95 Å². The van der Waals surface area contributed by atoms with Crippen molar-refractivity contribution in [3.8, 4) is 6.19 Å². The van der Waals surface area contributed by atoms with Gasteiger partial charge in [-0.25, -0.2) is 13.2 Å². The molecule has 1 aliphatic carbocycles. The molecule has 28 heavy (non-hydrogen) atoms. The summed E-state index contributed by atoms with van der Waals surface area (Å²) in [5.41, 5.74) is 1.34. The first-order valence-electron chi connectivity index (χ1n) is 8.02. The molecule has 0 spiro atoms. The molecule has 0 fully saturated rings. The topological polar surface area (TPSA) is 52.9 Å². The Kier molecular flexibility index (Phi) is 5.19. The van der Waals surface area contributed by atoms with Crippen LogP contribution in [0.25, 0.3) is 16.1 Å². The lowest BCUT2D eigenvalue weighted by Crippen LogP contribution is -2.14. The van der Waals surface area contributed by atoms with Gasteiger partial charge in [-0.2, -0.15) is 16.8 Å². The van der Waals surface area contributed by atoms with Crippen LogP contribution in [0.2, 0.25) is 0 Å². The monoisotopic (exact) mass is 376 g/mol. The van der Waals surface area contributed by atoms with Crippen LogP contribution in [-0.2, 0) is 0 Å². The van der Waals surface area contributed by atoms with Gasteiger partial charge in [0.1, 0.15) is 17.5 Å². The van der Waals surface area contributed by atoms with E-state index in [1.165, 1.54) is 30.4 Å². The van der Waals surface area contributed by atoms with Crippen molar-refractivity contribution >= 4 is 22.6 Å². The molecule has 2 aromatic rings. The van der Waals surface area contributed by atoms with E-state index in [1.807, 2.05) is 0 Å². The summed E-state index contributed by atoms with van der Waals surface area (Å²) in [7, 11) is 0. The van der Waals surface area contributed by atoms with E-state index in [9.17, 15) is 13.2 Å². The van der Waals surface area contributed by atoms with E-state index >= 15 is 0 Å². The molecule has 2 aromatic carbocycles. The molecule has 1 aliphatic rings. The SMILES string of the molecule is [C-]#[N+]/N=C1/C=C(c2ccc(C)cc2F)C(=NC#N)C=C1c1ccc(F)cc1F. The summed E-state index contributed by atoms with van der Waals surface area (Å²) in [4.78, 5) is 6.68. The van der Waals surface area contributed by atoms with Gasteiger partial charge < -0.3 is 0 Å². The zero-order valence-electron chi connectivity index (χ0n) is 14.5. The second kappa shape index (κ2) is 7.73. The van der Waals surface area contributed by atoms with Crippen LogP contribution in [-0.4, -0.2) is 11.4 Å². The number of aryl methyl sites for hydroxylation is 1. The van der Waals surface area contributed by atoms with Crippen LogP contribution in [0.1, 0.15) is 16.7 Å². The first-order valence-corrected chi connectivity index (χ1v) is 8.02.